The van der Waals surface area contributed by atoms with E-state index in [1.807, 2.05) is 0 Å². The Morgan fingerprint density at radius 1 is 1.13 bits per heavy atom. The average Bonchev–Trinajstić information content (AvgIpc) is 3.10. The fraction of sp³-hybridized carbons (Fsp3) is 0.625. The van der Waals surface area contributed by atoms with Crippen LogP contribution in [0.15, 0.2) is 16.9 Å². The zero-order valence-electron chi connectivity index (χ0n) is 13.1. The van der Waals surface area contributed by atoms with Gasteiger partial charge in [0.2, 0.25) is 5.91 Å². The summed E-state index contributed by atoms with van der Waals surface area (Å²) in [7, 11) is 0. The van der Waals surface area contributed by atoms with Crippen LogP contribution in [0.4, 0.5) is 0 Å². The molecular formula is C16H22N4O3. The van der Waals surface area contributed by atoms with E-state index in [0.29, 0.717) is 13.1 Å². The number of aromatic amines is 1. The molecule has 0 radical (unpaired) electrons. The number of carbonyl (C=O) groups is 2. The molecule has 1 saturated carbocycles. The molecule has 1 saturated heterocycles. The van der Waals surface area contributed by atoms with Crippen molar-refractivity contribution in [3.8, 4) is 0 Å². The van der Waals surface area contributed by atoms with Crippen LogP contribution in [0.25, 0.3) is 0 Å². The van der Waals surface area contributed by atoms with Crippen LogP contribution < -0.4 is 10.9 Å². The van der Waals surface area contributed by atoms with Crippen LogP contribution in [-0.4, -0.2) is 46.0 Å². The van der Waals surface area contributed by atoms with Gasteiger partial charge in [-0.25, -0.2) is 5.10 Å². The van der Waals surface area contributed by atoms with Crippen molar-refractivity contribution in [1.29, 1.82) is 0 Å². The van der Waals surface area contributed by atoms with Gasteiger partial charge in [0.15, 0.2) is 0 Å². The fourth-order valence-corrected chi connectivity index (χ4v) is 3.36. The number of carbonyl (C=O) groups excluding carboxylic acids is 2. The van der Waals surface area contributed by atoms with Crippen molar-refractivity contribution < 1.29 is 9.59 Å². The maximum absolute atomic E-state index is 12.3. The number of H-pyrrole nitrogens is 1. The monoisotopic (exact) mass is 318 g/mol. The summed E-state index contributed by atoms with van der Waals surface area (Å²) < 4.78 is 0. The highest BCUT2D eigenvalue weighted by Crippen LogP contribution is 2.25. The zero-order valence-corrected chi connectivity index (χ0v) is 13.1. The van der Waals surface area contributed by atoms with Gasteiger partial charge in [-0.15, -0.1) is 0 Å². The number of hydrogen-bond donors (Lipinski definition) is 2. The molecule has 1 aromatic heterocycles. The van der Waals surface area contributed by atoms with Crippen molar-refractivity contribution in [1.82, 2.24) is 20.4 Å². The number of piperidine rings is 1. The molecule has 7 nitrogen and oxygen atoms in total. The first-order valence-corrected chi connectivity index (χ1v) is 8.29. The highest BCUT2D eigenvalue weighted by Gasteiger charge is 2.28. The molecule has 0 spiro atoms. The zero-order chi connectivity index (χ0) is 16.2. The second-order valence-corrected chi connectivity index (χ2v) is 6.36. The summed E-state index contributed by atoms with van der Waals surface area (Å²) in [6.45, 7) is 1.19. The molecule has 0 atom stereocenters. The van der Waals surface area contributed by atoms with Crippen molar-refractivity contribution in [2.45, 2.75) is 44.6 Å². The summed E-state index contributed by atoms with van der Waals surface area (Å²) in [6, 6.07) is 2.89. The lowest BCUT2D eigenvalue weighted by Gasteiger charge is -2.32. The van der Waals surface area contributed by atoms with Crippen molar-refractivity contribution in [2.24, 2.45) is 5.92 Å². The van der Waals surface area contributed by atoms with Gasteiger partial charge in [0.1, 0.15) is 5.69 Å². The largest absolute Gasteiger partial charge is 0.353 e. The Hall–Kier alpha value is -2.18. The highest BCUT2D eigenvalue weighted by atomic mass is 16.2. The summed E-state index contributed by atoms with van der Waals surface area (Å²) in [6.07, 6.45) is 5.82. The van der Waals surface area contributed by atoms with Gasteiger partial charge in [0.05, 0.1) is 0 Å². The summed E-state index contributed by atoms with van der Waals surface area (Å²) in [5.41, 5.74) is -0.0760. The van der Waals surface area contributed by atoms with E-state index in [0.717, 1.165) is 38.5 Å². The number of aromatic nitrogens is 2. The van der Waals surface area contributed by atoms with Crippen LogP contribution >= 0.6 is 0 Å². The standard InChI is InChI=1S/C16H22N4O3/c21-14-6-5-13(18-19-14)16(23)20-9-7-12(8-10-20)17-15(22)11-3-1-2-4-11/h5-6,11-12H,1-4,7-10H2,(H,17,22)(H,19,21). The molecule has 1 aliphatic heterocycles. The van der Waals surface area contributed by atoms with Gasteiger partial charge in [-0.2, -0.15) is 5.10 Å². The molecule has 2 aliphatic rings. The molecule has 1 aliphatic carbocycles. The van der Waals surface area contributed by atoms with Crippen LogP contribution in [0, 0.1) is 5.92 Å². The number of likely N-dealkylation sites (tertiary alicyclic amines) is 1. The van der Waals surface area contributed by atoms with E-state index in [2.05, 4.69) is 15.5 Å². The molecule has 0 aromatic carbocycles. The minimum atomic E-state index is -0.324. The van der Waals surface area contributed by atoms with Gasteiger partial charge in [-0.3, -0.25) is 14.4 Å². The van der Waals surface area contributed by atoms with Crippen LogP contribution in [0.5, 0.6) is 0 Å². The Balaban J connectivity index is 1.49. The lowest BCUT2D eigenvalue weighted by Crippen LogP contribution is -2.47. The quantitative estimate of drug-likeness (QED) is 0.857. The molecule has 0 bridgehead atoms. The topological polar surface area (TPSA) is 95.2 Å². The van der Waals surface area contributed by atoms with Crippen molar-refractivity contribution in [3.63, 3.8) is 0 Å². The van der Waals surface area contributed by atoms with Crippen LogP contribution in [0.2, 0.25) is 0 Å². The van der Waals surface area contributed by atoms with E-state index in [1.165, 1.54) is 12.1 Å². The maximum Gasteiger partial charge on any atom is 0.274 e. The molecule has 2 heterocycles. The normalized spacial score (nSPS) is 19.7. The Morgan fingerprint density at radius 2 is 1.83 bits per heavy atom. The average molecular weight is 318 g/mol. The fourth-order valence-electron chi connectivity index (χ4n) is 3.36. The third-order valence-corrected chi connectivity index (χ3v) is 4.75. The molecule has 3 rings (SSSR count). The molecule has 0 unspecified atom stereocenters. The van der Waals surface area contributed by atoms with Crippen molar-refractivity contribution >= 4 is 11.8 Å². The third kappa shape index (κ3) is 3.78. The SMILES string of the molecule is O=C(NC1CCN(C(=O)c2ccc(=O)[nH]n2)CC1)C1CCCC1. The van der Waals surface area contributed by atoms with E-state index in [1.54, 1.807) is 4.90 Å². The van der Waals surface area contributed by atoms with E-state index < -0.39 is 0 Å². The van der Waals surface area contributed by atoms with Gasteiger partial charge < -0.3 is 10.2 Å². The molecule has 2 fully saturated rings. The summed E-state index contributed by atoms with van der Waals surface area (Å²) in [4.78, 5) is 37.2. The predicted molar refractivity (Wildman–Crippen MR) is 83.9 cm³/mol. The smallest absolute Gasteiger partial charge is 0.274 e. The maximum atomic E-state index is 12.3. The van der Waals surface area contributed by atoms with Gasteiger partial charge in [0.25, 0.3) is 11.5 Å². The van der Waals surface area contributed by atoms with E-state index in [-0.39, 0.29) is 35.0 Å². The molecule has 1 aromatic rings. The summed E-state index contributed by atoms with van der Waals surface area (Å²) in [5.74, 6) is 0.177. The van der Waals surface area contributed by atoms with E-state index in [4.69, 9.17) is 0 Å². The van der Waals surface area contributed by atoms with Gasteiger partial charge in [0, 0.05) is 31.1 Å². The molecule has 7 heteroatoms. The number of hydrogen-bond acceptors (Lipinski definition) is 4. The Bertz CT molecular complexity index is 608. The molecule has 124 valence electrons. The molecular weight excluding hydrogens is 296 g/mol. The van der Waals surface area contributed by atoms with Crippen molar-refractivity contribution in [2.75, 3.05) is 13.1 Å². The Morgan fingerprint density at radius 3 is 2.43 bits per heavy atom. The van der Waals surface area contributed by atoms with E-state index in [9.17, 15) is 14.4 Å². The van der Waals surface area contributed by atoms with Gasteiger partial charge in [-0.05, 0) is 31.7 Å². The predicted octanol–water partition coefficient (Wildman–Crippen LogP) is 0.681. The first kappa shape index (κ1) is 15.7. The van der Waals surface area contributed by atoms with Crippen LogP contribution in [0.3, 0.4) is 0 Å². The van der Waals surface area contributed by atoms with E-state index >= 15 is 0 Å². The second kappa shape index (κ2) is 6.93. The summed E-state index contributed by atoms with van der Waals surface area (Å²) in [5, 5.41) is 9.18. The number of nitrogens with one attached hydrogen (secondary N) is 2. The molecule has 23 heavy (non-hydrogen) atoms. The highest BCUT2D eigenvalue weighted by molar-refractivity contribution is 5.92. The number of amides is 2. The number of rotatable bonds is 3. The first-order valence-electron chi connectivity index (χ1n) is 8.29. The van der Waals surface area contributed by atoms with Crippen LogP contribution in [0.1, 0.15) is 49.0 Å². The second-order valence-electron chi connectivity index (χ2n) is 6.36. The summed E-state index contributed by atoms with van der Waals surface area (Å²) >= 11 is 0. The van der Waals surface area contributed by atoms with Crippen LogP contribution in [-0.2, 0) is 4.79 Å². The Labute approximate surface area is 134 Å². The first-order chi connectivity index (χ1) is 11.1. The van der Waals surface area contributed by atoms with Gasteiger partial charge >= 0.3 is 0 Å². The molecule has 2 amide bonds. The third-order valence-electron chi connectivity index (χ3n) is 4.75. The number of nitrogens with zero attached hydrogens (tertiary/aromatic N) is 2. The molecule has 2 N–H and O–H groups in total. The minimum absolute atomic E-state index is 0.149. The van der Waals surface area contributed by atoms with Gasteiger partial charge in [-0.1, -0.05) is 12.8 Å². The lowest BCUT2D eigenvalue weighted by atomic mass is 10.0. The Kier molecular flexibility index (Phi) is 4.73. The minimum Gasteiger partial charge on any atom is -0.353 e. The lowest BCUT2D eigenvalue weighted by molar-refractivity contribution is -0.125. The van der Waals surface area contributed by atoms with Crippen molar-refractivity contribution in [3.05, 3.63) is 28.2 Å².